The van der Waals surface area contributed by atoms with E-state index in [-0.39, 0.29) is 23.8 Å². The van der Waals surface area contributed by atoms with Crippen LogP contribution in [0.2, 0.25) is 5.02 Å². The van der Waals surface area contributed by atoms with Crippen molar-refractivity contribution in [1.82, 2.24) is 9.55 Å². The van der Waals surface area contributed by atoms with Gasteiger partial charge in [-0.1, -0.05) is 29.8 Å². The Hall–Kier alpha value is -3.03. The zero-order chi connectivity index (χ0) is 20.5. The molecule has 0 unspecified atom stereocenters. The molecule has 0 aliphatic heterocycles. The molecule has 0 atom stereocenters. The molecule has 0 spiro atoms. The first-order valence-electron chi connectivity index (χ1n) is 8.73. The molecule has 2 aromatic heterocycles. The van der Waals surface area contributed by atoms with Crippen LogP contribution in [0.1, 0.15) is 20.8 Å². The number of fused-ring (bicyclic) bond motifs is 1. The van der Waals surface area contributed by atoms with Crippen LogP contribution in [0.4, 0.5) is 10.1 Å². The van der Waals surface area contributed by atoms with Crippen molar-refractivity contribution in [2.45, 2.75) is 13.5 Å². The number of benzene rings is 2. The van der Waals surface area contributed by atoms with Crippen molar-refractivity contribution in [2.24, 2.45) is 0 Å². The predicted molar refractivity (Wildman–Crippen MR) is 114 cm³/mol. The lowest BCUT2D eigenvalue weighted by Crippen LogP contribution is -2.21. The van der Waals surface area contributed by atoms with E-state index in [1.807, 2.05) is 18.2 Å². The van der Waals surface area contributed by atoms with E-state index >= 15 is 0 Å². The van der Waals surface area contributed by atoms with Crippen molar-refractivity contribution in [3.63, 3.8) is 0 Å². The van der Waals surface area contributed by atoms with E-state index < -0.39 is 0 Å². The number of aromatic nitrogens is 2. The van der Waals surface area contributed by atoms with Crippen molar-refractivity contribution >= 4 is 44.7 Å². The largest absolute Gasteiger partial charge is 0.321 e. The van der Waals surface area contributed by atoms with E-state index in [0.717, 1.165) is 16.9 Å². The van der Waals surface area contributed by atoms with Crippen LogP contribution in [-0.4, -0.2) is 15.5 Å². The molecule has 2 aromatic carbocycles. The lowest BCUT2D eigenvalue weighted by Gasteiger charge is -2.07. The molecule has 0 radical (unpaired) electrons. The van der Waals surface area contributed by atoms with Gasteiger partial charge in [0, 0.05) is 10.7 Å². The van der Waals surface area contributed by atoms with Gasteiger partial charge >= 0.3 is 0 Å². The second-order valence-electron chi connectivity index (χ2n) is 6.47. The zero-order valence-electron chi connectivity index (χ0n) is 15.3. The quantitative estimate of drug-likeness (QED) is 0.506. The van der Waals surface area contributed by atoms with Gasteiger partial charge in [0.2, 0.25) is 0 Å². The van der Waals surface area contributed by atoms with Gasteiger partial charge in [-0.05, 0) is 48.4 Å². The number of amides is 1. The van der Waals surface area contributed by atoms with Crippen LogP contribution in [0.3, 0.4) is 0 Å². The third kappa shape index (κ3) is 3.79. The first-order valence-corrected chi connectivity index (χ1v) is 9.92. The van der Waals surface area contributed by atoms with Crippen LogP contribution in [0.5, 0.6) is 0 Å². The summed E-state index contributed by atoms with van der Waals surface area (Å²) in [6.45, 7) is 2.01. The highest BCUT2D eigenvalue weighted by Crippen LogP contribution is 2.28. The Morgan fingerprint density at radius 1 is 1.21 bits per heavy atom. The van der Waals surface area contributed by atoms with E-state index in [1.165, 1.54) is 35.2 Å². The molecule has 0 saturated carbocycles. The van der Waals surface area contributed by atoms with Gasteiger partial charge in [0.25, 0.3) is 11.5 Å². The van der Waals surface area contributed by atoms with Gasteiger partial charge in [-0.25, -0.2) is 9.37 Å². The van der Waals surface area contributed by atoms with E-state index in [4.69, 9.17) is 11.6 Å². The van der Waals surface area contributed by atoms with Gasteiger partial charge in [-0.3, -0.25) is 14.2 Å². The van der Waals surface area contributed by atoms with Gasteiger partial charge in [0.1, 0.15) is 10.6 Å². The molecule has 8 heteroatoms. The van der Waals surface area contributed by atoms with Gasteiger partial charge in [0.15, 0.2) is 0 Å². The van der Waals surface area contributed by atoms with Crippen molar-refractivity contribution in [1.29, 1.82) is 0 Å². The summed E-state index contributed by atoms with van der Waals surface area (Å²) in [4.78, 5) is 30.9. The highest BCUT2D eigenvalue weighted by molar-refractivity contribution is 7.20. The molecule has 2 heterocycles. The second-order valence-corrected chi connectivity index (χ2v) is 7.87. The van der Waals surface area contributed by atoms with Crippen LogP contribution < -0.4 is 10.9 Å². The summed E-state index contributed by atoms with van der Waals surface area (Å²) in [5, 5.41) is 3.70. The lowest BCUT2D eigenvalue weighted by atomic mass is 10.2. The smallest absolute Gasteiger partial charge is 0.266 e. The number of nitrogens with zero attached hydrogens (tertiary/aromatic N) is 2. The van der Waals surface area contributed by atoms with Crippen LogP contribution in [-0.2, 0) is 6.54 Å². The molecule has 146 valence electrons. The third-order valence-electron chi connectivity index (χ3n) is 4.52. The minimum absolute atomic E-state index is 0.232. The van der Waals surface area contributed by atoms with Crippen LogP contribution in [0.25, 0.3) is 10.2 Å². The fourth-order valence-corrected chi connectivity index (χ4v) is 4.25. The minimum Gasteiger partial charge on any atom is -0.321 e. The maximum absolute atomic E-state index is 13.0. The van der Waals surface area contributed by atoms with Crippen molar-refractivity contribution < 1.29 is 9.18 Å². The van der Waals surface area contributed by atoms with Gasteiger partial charge in [-0.15, -0.1) is 11.3 Å². The number of hydrogen-bond acceptors (Lipinski definition) is 4. The summed E-state index contributed by atoms with van der Waals surface area (Å²) in [7, 11) is 0. The maximum atomic E-state index is 13.0. The first-order chi connectivity index (χ1) is 13.9. The first kappa shape index (κ1) is 19.3. The molecule has 1 amide bonds. The number of carbonyl (C=O) groups excluding carboxylic acids is 1. The Labute approximate surface area is 174 Å². The monoisotopic (exact) mass is 427 g/mol. The van der Waals surface area contributed by atoms with Gasteiger partial charge in [-0.2, -0.15) is 0 Å². The van der Waals surface area contributed by atoms with E-state index in [2.05, 4.69) is 10.3 Å². The summed E-state index contributed by atoms with van der Waals surface area (Å²) in [5.74, 6) is -0.751. The molecule has 1 N–H and O–H groups in total. The lowest BCUT2D eigenvalue weighted by molar-refractivity contribution is 0.103. The molecule has 0 aliphatic carbocycles. The number of rotatable bonds is 4. The average Bonchev–Trinajstić information content (AvgIpc) is 3.05. The number of hydrogen-bond donors (Lipinski definition) is 1. The number of halogens is 2. The fourth-order valence-electron chi connectivity index (χ4n) is 3.02. The van der Waals surface area contributed by atoms with Gasteiger partial charge < -0.3 is 5.32 Å². The molecular weight excluding hydrogens is 413 g/mol. The Kier molecular flexibility index (Phi) is 5.17. The minimum atomic E-state index is -0.385. The van der Waals surface area contributed by atoms with Crippen molar-refractivity contribution in [3.05, 3.63) is 92.1 Å². The van der Waals surface area contributed by atoms with E-state index in [9.17, 15) is 14.0 Å². The SMILES string of the molecule is Cc1c(C(=O)Nc2ccc(F)cc2)sc2ncn(Cc3ccccc3Cl)c(=O)c12. The highest BCUT2D eigenvalue weighted by atomic mass is 35.5. The van der Waals surface area contributed by atoms with E-state index in [0.29, 0.717) is 31.4 Å². The molecule has 0 saturated heterocycles. The molecule has 5 nitrogen and oxygen atoms in total. The number of aryl methyl sites for hydroxylation is 1. The topological polar surface area (TPSA) is 64.0 Å². The molecule has 4 rings (SSSR count). The summed E-state index contributed by atoms with van der Waals surface area (Å²) >= 11 is 7.35. The summed E-state index contributed by atoms with van der Waals surface area (Å²) < 4.78 is 14.5. The van der Waals surface area contributed by atoms with Gasteiger partial charge in [0.05, 0.1) is 23.1 Å². The van der Waals surface area contributed by atoms with E-state index in [1.54, 1.807) is 13.0 Å². The summed E-state index contributed by atoms with van der Waals surface area (Å²) in [6, 6.07) is 12.8. The Morgan fingerprint density at radius 3 is 2.66 bits per heavy atom. The van der Waals surface area contributed by atoms with Crippen LogP contribution >= 0.6 is 22.9 Å². The Morgan fingerprint density at radius 2 is 1.93 bits per heavy atom. The summed E-state index contributed by atoms with van der Waals surface area (Å²) in [6.07, 6.45) is 1.46. The number of thiophene rings is 1. The van der Waals surface area contributed by atoms with Crippen molar-refractivity contribution in [3.8, 4) is 0 Å². The Bertz CT molecular complexity index is 1280. The number of anilines is 1. The molecular formula is C21H15ClFN3O2S. The Balaban J connectivity index is 1.69. The fraction of sp³-hybridized carbons (Fsp3) is 0.0952. The third-order valence-corrected chi connectivity index (χ3v) is 6.09. The molecule has 4 aromatic rings. The maximum Gasteiger partial charge on any atom is 0.266 e. The standard InChI is InChI=1S/C21H15ClFN3O2S/c1-12-17-20(29-18(12)19(27)25-15-8-6-14(23)7-9-15)24-11-26(21(17)28)10-13-4-2-3-5-16(13)22/h2-9,11H,10H2,1H3,(H,25,27). The molecule has 0 aliphatic rings. The number of carbonyl (C=O) groups is 1. The molecule has 29 heavy (non-hydrogen) atoms. The number of nitrogens with one attached hydrogen (secondary N) is 1. The normalized spacial score (nSPS) is 11.0. The predicted octanol–water partition coefficient (Wildman–Crippen LogP) is 4.86. The second kappa shape index (κ2) is 7.77. The van der Waals surface area contributed by atoms with Crippen molar-refractivity contribution in [2.75, 3.05) is 5.32 Å². The molecule has 0 bridgehead atoms. The highest BCUT2D eigenvalue weighted by Gasteiger charge is 2.20. The van der Waals surface area contributed by atoms with Crippen LogP contribution in [0, 0.1) is 12.7 Å². The molecule has 0 fully saturated rings. The summed E-state index contributed by atoms with van der Waals surface area (Å²) in [5.41, 5.74) is 1.61. The average molecular weight is 428 g/mol. The zero-order valence-corrected chi connectivity index (χ0v) is 16.9. The van der Waals surface area contributed by atoms with Crippen LogP contribution in [0.15, 0.2) is 59.7 Å².